The second-order valence-electron chi connectivity index (χ2n) is 6.25. The molecule has 1 saturated heterocycles. The zero-order valence-corrected chi connectivity index (χ0v) is 13.2. The molecule has 2 heterocycles. The molecule has 1 amide bonds. The maximum atomic E-state index is 12.4. The summed E-state index contributed by atoms with van der Waals surface area (Å²) in [4.78, 5) is 25.3. The summed E-state index contributed by atoms with van der Waals surface area (Å²) in [5.41, 5.74) is 0. The van der Waals surface area contributed by atoms with Gasteiger partial charge in [0.2, 0.25) is 5.91 Å². The van der Waals surface area contributed by atoms with Crippen molar-refractivity contribution in [3.8, 4) is 0 Å². The molecule has 0 spiro atoms. The van der Waals surface area contributed by atoms with Gasteiger partial charge >= 0.3 is 0 Å². The molecule has 120 valence electrons. The van der Waals surface area contributed by atoms with E-state index in [4.69, 9.17) is 0 Å². The Morgan fingerprint density at radius 1 is 1.23 bits per heavy atom. The first-order valence-electron chi connectivity index (χ1n) is 8.29. The van der Waals surface area contributed by atoms with E-state index < -0.39 is 0 Å². The van der Waals surface area contributed by atoms with Crippen molar-refractivity contribution in [2.45, 2.75) is 44.7 Å². The van der Waals surface area contributed by atoms with Crippen LogP contribution in [0.3, 0.4) is 0 Å². The third-order valence-electron chi connectivity index (χ3n) is 4.82. The standard InChI is InChI=1S/C16H25N5O/c1-13(16(22)19-14-4-2-3-5-14)20-8-10-21(11-9-20)15-12-17-6-7-18-15/h6-7,12-14H,2-5,8-11H2,1H3,(H,19,22)/t13-/m0/s1. The molecule has 6 heteroatoms. The van der Waals surface area contributed by atoms with E-state index in [0.29, 0.717) is 6.04 Å². The fourth-order valence-corrected chi connectivity index (χ4v) is 3.35. The monoisotopic (exact) mass is 303 g/mol. The van der Waals surface area contributed by atoms with Crippen LogP contribution in [0.25, 0.3) is 0 Å². The first-order chi connectivity index (χ1) is 10.7. The van der Waals surface area contributed by atoms with Crippen LogP contribution < -0.4 is 10.2 Å². The largest absolute Gasteiger partial charge is 0.353 e. The molecular formula is C16H25N5O. The number of amides is 1. The van der Waals surface area contributed by atoms with Gasteiger partial charge in [-0.3, -0.25) is 14.7 Å². The summed E-state index contributed by atoms with van der Waals surface area (Å²) >= 11 is 0. The van der Waals surface area contributed by atoms with Gasteiger partial charge in [-0.15, -0.1) is 0 Å². The first kappa shape index (κ1) is 15.2. The highest BCUT2D eigenvalue weighted by Gasteiger charge is 2.27. The molecule has 3 rings (SSSR count). The minimum atomic E-state index is -0.0513. The number of carbonyl (C=O) groups excluding carboxylic acids is 1. The van der Waals surface area contributed by atoms with Crippen molar-refractivity contribution in [3.05, 3.63) is 18.6 Å². The van der Waals surface area contributed by atoms with Crippen molar-refractivity contribution in [3.63, 3.8) is 0 Å². The highest BCUT2D eigenvalue weighted by atomic mass is 16.2. The van der Waals surface area contributed by atoms with Crippen LogP contribution in [0, 0.1) is 0 Å². The molecule has 1 atom stereocenters. The van der Waals surface area contributed by atoms with Crippen LogP contribution in [0.15, 0.2) is 18.6 Å². The number of nitrogens with zero attached hydrogens (tertiary/aromatic N) is 4. The molecule has 1 aliphatic carbocycles. The summed E-state index contributed by atoms with van der Waals surface area (Å²) in [6.07, 6.45) is 9.98. The molecule has 0 aromatic carbocycles. The average Bonchev–Trinajstić information content (AvgIpc) is 3.08. The van der Waals surface area contributed by atoms with Gasteiger partial charge in [0.15, 0.2) is 0 Å². The fourth-order valence-electron chi connectivity index (χ4n) is 3.35. The van der Waals surface area contributed by atoms with Crippen LogP contribution in [-0.4, -0.2) is 59.0 Å². The summed E-state index contributed by atoms with van der Waals surface area (Å²) < 4.78 is 0. The van der Waals surface area contributed by atoms with Crippen LogP contribution in [0.1, 0.15) is 32.6 Å². The molecular weight excluding hydrogens is 278 g/mol. The molecule has 1 aromatic heterocycles. The Morgan fingerprint density at radius 2 is 1.95 bits per heavy atom. The number of hydrogen-bond donors (Lipinski definition) is 1. The highest BCUT2D eigenvalue weighted by Crippen LogP contribution is 2.18. The van der Waals surface area contributed by atoms with E-state index in [1.165, 1.54) is 12.8 Å². The molecule has 1 N–H and O–H groups in total. The van der Waals surface area contributed by atoms with E-state index in [1.807, 2.05) is 6.92 Å². The van der Waals surface area contributed by atoms with Gasteiger partial charge in [0.05, 0.1) is 12.2 Å². The van der Waals surface area contributed by atoms with Gasteiger partial charge in [0.25, 0.3) is 0 Å². The zero-order chi connectivity index (χ0) is 15.4. The Bertz CT molecular complexity index is 481. The minimum Gasteiger partial charge on any atom is -0.353 e. The van der Waals surface area contributed by atoms with Crippen molar-refractivity contribution in [1.29, 1.82) is 0 Å². The summed E-state index contributed by atoms with van der Waals surface area (Å²) in [7, 11) is 0. The lowest BCUT2D eigenvalue weighted by Crippen LogP contribution is -2.55. The Morgan fingerprint density at radius 3 is 2.59 bits per heavy atom. The number of piperazine rings is 1. The van der Waals surface area contributed by atoms with Crippen LogP contribution in [0.4, 0.5) is 5.82 Å². The summed E-state index contributed by atoms with van der Waals surface area (Å²) in [6.45, 7) is 5.56. The van der Waals surface area contributed by atoms with Gasteiger partial charge in [-0.1, -0.05) is 12.8 Å². The highest BCUT2D eigenvalue weighted by molar-refractivity contribution is 5.81. The molecule has 1 aliphatic heterocycles. The number of hydrogen-bond acceptors (Lipinski definition) is 5. The SMILES string of the molecule is C[C@@H](C(=O)NC1CCCC1)N1CCN(c2cnccn2)CC1. The predicted octanol–water partition coefficient (Wildman–Crippen LogP) is 1.05. The Balaban J connectivity index is 1.49. The lowest BCUT2D eigenvalue weighted by atomic mass is 10.2. The molecule has 0 bridgehead atoms. The second-order valence-corrected chi connectivity index (χ2v) is 6.25. The topological polar surface area (TPSA) is 61.4 Å². The van der Waals surface area contributed by atoms with Crippen molar-refractivity contribution in [1.82, 2.24) is 20.2 Å². The third-order valence-corrected chi connectivity index (χ3v) is 4.82. The van der Waals surface area contributed by atoms with Crippen molar-refractivity contribution in [2.24, 2.45) is 0 Å². The number of carbonyl (C=O) groups is 1. The normalized spacial score (nSPS) is 21.8. The molecule has 6 nitrogen and oxygen atoms in total. The van der Waals surface area contributed by atoms with Crippen LogP contribution >= 0.6 is 0 Å². The maximum Gasteiger partial charge on any atom is 0.237 e. The lowest BCUT2D eigenvalue weighted by Gasteiger charge is -2.38. The van der Waals surface area contributed by atoms with Crippen molar-refractivity contribution < 1.29 is 4.79 Å². The molecule has 22 heavy (non-hydrogen) atoms. The van der Waals surface area contributed by atoms with E-state index >= 15 is 0 Å². The third kappa shape index (κ3) is 3.55. The van der Waals surface area contributed by atoms with Crippen LogP contribution in [-0.2, 0) is 4.79 Å². The maximum absolute atomic E-state index is 12.4. The van der Waals surface area contributed by atoms with E-state index in [2.05, 4.69) is 25.1 Å². The fraction of sp³-hybridized carbons (Fsp3) is 0.688. The number of anilines is 1. The molecule has 1 saturated carbocycles. The number of rotatable bonds is 4. The molecule has 2 fully saturated rings. The Kier molecular flexibility index (Phi) is 4.87. The minimum absolute atomic E-state index is 0.0513. The summed E-state index contributed by atoms with van der Waals surface area (Å²) in [5.74, 6) is 1.10. The van der Waals surface area contributed by atoms with Gasteiger partial charge in [-0.05, 0) is 19.8 Å². The smallest absolute Gasteiger partial charge is 0.237 e. The van der Waals surface area contributed by atoms with E-state index in [9.17, 15) is 4.79 Å². The molecule has 0 unspecified atom stereocenters. The van der Waals surface area contributed by atoms with Crippen LogP contribution in [0.5, 0.6) is 0 Å². The molecule has 0 radical (unpaired) electrons. The van der Waals surface area contributed by atoms with Gasteiger partial charge in [-0.2, -0.15) is 0 Å². The van der Waals surface area contributed by atoms with Gasteiger partial charge in [-0.25, -0.2) is 4.98 Å². The zero-order valence-electron chi connectivity index (χ0n) is 13.2. The summed E-state index contributed by atoms with van der Waals surface area (Å²) in [5, 5.41) is 3.20. The molecule has 2 aliphatic rings. The van der Waals surface area contributed by atoms with Crippen molar-refractivity contribution >= 4 is 11.7 Å². The average molecular weight is 303 g/mol. The number of nitrogens with one attached hydrogen (secondary N) is 1. The first-order valence-corrected chi connectivity index (χ1v) is 8.29. The second kappa shape index (κ2) is 7.05. The van der Waals surface area contributed by atoms with E-state index in [-0.39, 0.29) is 11.9 Å². The predicted molar refractivity (Wildman–Crippen MR) is 85.7 cm³/mol. The Labute approximate surface area is 131 Å². The van der Waals surface area contributed by atoms with Gasteiger partial charge in [0.1, 0.15) is 5.82 Å². The quantitative estimate of drug-likeness (QED) is 0.901. The Hall–Kier alpha value is -1.69. The van der Waals surface area contributed by atoms with Crippen LogP contribution in [0.2, 0.25) is 0 Å². The molecule has 1 aromatic rings. The lowest BCUT2D eigenvalue weighted by molar-refractivity contribution is -0.126. The van der Waals surface area contributed by atoms with E-state index in [1.54, 1.807) is 18.6 Å². The summed E-state index contributed by atoms with van der Waals surface area (Å²) in [6, 6.07) is 0.348. The van der Waals surface area contributed by atoms with E-state index in [0.717, 1.165) is 44.8 Å². The van der Waals surface area contributed by atoms with Gasteiger partial charge < -0.3 is 10.2 Å². The van der Waals surface area contributed by atoms with Gasteiger partial charge in [0, 0.05) is 44.6 Å². The number of aromatic nitrogens is 2. The van der Waals surface area contributed by atoms with Crippen molar-refractivity contribution in [2.75, 3.05) is 31.1 Å².